The molecule has 1 heterocycles. The highest BCUT2D eigenvalue weighted by molar-refractivity contribution is 5.39. The molecule has 1 saturated heterocycles. The summed E-state index contributed by atoms with van der Waals surface area (Å²) in [5.41, 5.74) is 2.88. The minimum atomic E-state index is 0.293. The highest BCUT2D eigenvalue weighted by Crippen LogP contribution is 2.32. The maximum atomic E-state index is 5.88. The maximum Gasteiger partial charge on any atom is 0.119 e. The number of aryl methyl sites for hydroxylation is 1. The molecule has 0 saturated carbocycles. The molecule has 1 fully saturated rings. The van der Waals surface area contributed by atoms with Crippen molar-refractivity contribution in [2.24, 2.45) is 0 Å². The van der Waals surface area contributed by atoms with Crippen LogP contribution in [-0.4, -0.2) is 26.4 Å². The molecule has 104 valence electrons. The van der Waals surface area contributed by atoms with E-state index in [1.54, 1.807) is 0 Å². The first kappa shape index (κ1) is 12.9. The van der Waals surface area contributed by atoms with Crippen LogP contribution in [0, 0.1) is 0 Å². The van der Waals surface area contributed by atoms with Gasteiger partial charge in [-0.3, -0.25) is 0 Å². The summed E-state index contributed by atoms with van der Waals surface area (Å²) < 4.78 is 11.5. The molecule has 1 N–H and O–H groups in total. The lowest BCUT2D eigenvalue weighted by Crippen LogP contribution is -2.21. The van der Waals surface area contributed by atoms with Crippen LogP contribution >= 0.6 is 0 Å². The van der Waals surface area contributed by atoms with Crippen LogP contribution < -0.4 is 10.1 Å². The molecule has 0 bridgehead atoms. The second-order valence-electron chi connectivity index (χ2n) is 5.54. The van der Waals surface area contributed by atoms with Gasteiger partial charge in [0, 0.05) is 12.6 Å². The summed E-state index contributed by atoms with van der Waals surface area (Å²) in [7, 11) is 2.04. The van der Waals surface area contributed by atoms with Crippen molar-refractivity contribution in [1.82, 2.24) is 5.32 Å². The van der Waals surface area contributed by atoms with Crippen LogP contribution in [0.15, 0.2) is 18.2 Å². The van der Waals surface area contributed by atoms with Crippen LogP contribution in [0.25, 0.3) is 0 Å². The third-order valence-electron chi connectivity index (χ3n) is 4.24. The molecule has 19 heavy (non-hydrogen) atoms. The Hall–Kier alpha value is -1.06. The SMILES string of the molecule is CNC1CCCc2cc(OCC3CCCO3)ccc21. The van der Waals surface area contributed by atoms with Crippen molar-refractivity contribution in [2.75, 3.05) is 20.3 Å². The molecule has 3 nitrogen and oxygen atoms in total. The van der Waals surface area contributed by atoms with Crippen LogP contribution in [-0.2, 0) is 11.2 Å². The molecule has 2 atom stereocenters. The van der Waals surface area contributed by atoms with E-state index in [1.807, 2.05) is 7.05 Å². The second-order valence-corrected chi connectivity index (χ2v) is 5.54. The van der Waals surface area contributed by atoms with Crippen molar-refractivity contribution in [3.63, 3.8) is 0 Å². The fourth-order valence-corrected chi connectivity index (χ4v) is 3.15. The lowest BCUT2D eigenvalue weighted by Gasteiger charge is -2.25. The first-order chi connectivity index (χ1) is 9.36. The molecule has 1 aromatic carbocycles. The Bertz CT molecular complexity index is 427. The lowest BCUT2D eigenvalue weighted by atomic mass is 9.87. The zero-order chi connectivity index (χ0) is 13.1. The van der Waals surface area contributed by atoms with Crippen molar-refractivity contribution in [1.29, 1.82) is 0 Å². The first-order valence-corrected chi connectivity index (χ1v) is 7.41. The summed E-state index contributed by atoms with van der Waals surface area (Å²) in [6.45, 7) is 1.58. The average molecular weight is 261 g/mol. The van der Waals surface area contributed by atoms with E-state index in [4.69, 9.17) is 9.47 Å². The largest absolute Gasteiger partial charge is 0.491 e. The van der Waals surface area contributed by atoms with Crippen molar-refractivity contribution in [2.45, 2.75) is 44.2 Å². The number of ether oxygens (including phenoxy) is 2. The monoisotopic (exact) mass is 261 g/mol. The van der Waals surface area contributed by atoms with Gasteiger partial charge in [0.25, 0.3) is 0 Å². The molecule has 0 amide bonds. The average Bonchev–Trinajstić information content (AvgIpc) is 2.97. The molecule has 0 radical (unpaired) electrons. The predicted molar refractivity (Wildman–Crippen MR) is 75.6 cm³/mol. The van der Waals surface area contributed by atoms with E-state index in [9.17, 15) is 0 Å². The smallest absolute Gasteiger partial charge is 0.119 e. The molecule has 2 aliphatic rings. The summed E-state index contributed by atoms with van der Waals surface area (Å²) in [5.74, 6) is 0.992. The Labute approximate surface area is 115 Å². The lowest BCUT2D eigenvalue weighted by molar-refractivity contribution is 0.0679. The third-order valence-corrected chi connectivity index (χ3v) is 4.24. The van der Waals surface area contributed by atoms with Crippen LogP contribution in [0.2, 0.25) is 0 Å². The number of fused-ring (bicyclic) bond motifs is 1. The Morgan fingerprint density at radius 3 is 3.05 bits per heavy atom. The molecule has 3 rings (SSSR count). The quantitative estimate of drug-likeness (QED) is 0.904. The molecular weight excluding hydrogens is 238 g/mol. The zero-order valence-corrected chi connectivity index (χ0v) is 11.7. The zero-order valence-electron chi connectivity index (χ0n) is 11.7. The topological polar surface area (TPSA) is 30.5 Å². The highest BCUT2D eigenvalue weighted by atomic mass is 16.5. The van der Waals surface area contributed by atoms with Gasteiger partial charge < -0.3 is 14.8 Å². The van der Waals surface area contributed by atoms with Crippen LogP contribution in [0.3, 0.4) is 0 Å². The second kappa shape index (κ2) is 5.93. The van der Waals surface area contributed by atoms with E-state index >= 15 is 0 Å². The van der Waals surface area contributed by atoms with Gasteiger partial charge in [-0.15, -0.1) is 0 Å². The molecule has 3 heteroatoms. The number of hydrogen-bond acceptors (Lipinski definition) is 3. The van der Waals surface area contributed by atoms with Gasteiger partial charge in [0.2, 0.25) is 0 Å². The van der Waals surface area contributed by atoms with E-state index in [1.165, 1.54) is 36.8 Å². The highest BCUT2D eigenvalue weighted by Gasteiger charge is 2.20. The first-order valence-electron chi connectivity index (χ1n) is 7.41. The van der Waals surface area contributed by atoms with Crippen LogP contribution in [0.4, 0.5) is 0 Å². The van der Waals surface area contributed by atoms with Gasteiger partial charge >= 0.3 is 0 Å². The van der Waals surface area contributed by atoms with Crippen LogP contribution in [0.5, 0.6) is 5.75 Å². The summed E-state index contributed by atoms with van der Waals surface area (Å²) >= 11 is 0. The molecule has 1 aromatic rings. The standard InChI is InChI=1S/C16H23NO2/c1-17-16-6-2-4-12-10-13(7-8-15(12)16)19-11-14-5-3-9-18-14/h7-8,10,14,16-17H,2-6,9,11H2,1H3. The van der Waals surface area contributed by atoms with E-state index in [-0.39, 0.29) is 0 Å². The minimum Gasteiger partial charge on any atom is -0.491 e. The van der Waals surface area contributed by atoms with Gasteiger partial charge in [-0.25, -0.2) is 0 Å². The Balaban J connectivity index is 1.66. The van der Waals surface area contributed by atoms with E-state index in [2.05, 4.69) is 23.5 Å². The predicted octanol–water partition coefficient (Wildman–Crippen LogP) is 2.84. The molecule has 0 spiro atoms. The Kier molecular flexibility index (Phi) is 4.04. The fraction of sp³-hybridized carbons (Fsp3) is 0.625. The van der Waals surface area contributed by atoms with Gasteiger partial charge in [-0.2, -0.15) is 0 Å². The van der Waals surface area contributed by atoms with E-state index in [0.29, 0.717) is 18.8 Å². The Morgan fingerprint density at radius 2 is 2.26 bits per heavy atom. The summed E-state index contributed by atoms with van der Waals surface area (Å²) in [6.07, 6.45) is 6.26. The maximum absolute atomic E-state index is 5.88. The van der Waals surface area contributed by atoms with Crippen molar-refractivity contribution < 1.29 is 9.47 Å². The molecule has 1 aliphatic carbocycles. The number of rotatable bonds is 4. The van der Waals surface area contributed by atoms with Gasteiger partial charge in [0.15, 0.2) is 0 Å². The summed E-state index contributed by atoms with van der Waals surface area (Å²) in [4.78, 5) is 0. The van der Waals surface area contributed by atoms with E-state index in [0.717, 1.165) is 18.8 Å². The molecule has 1 aliphatic heterocycles. The molecular formula is C16H23NO2. The van der Waals surface area contributed by atoms with Crippen LogP contribution in [0.1, 0.15) is 42.9 Å². The van der Waals surface area contributed by atoms with Gasteiger partial charge in [0.1, 0.15) is 12.4 Å². The fourth-order valence-electron chi connectivity index (χ4n) is 3.15. The minimum absolute atomic E-state index is 0.293. The van der Waals surface area contributed by atoms with Gasteiger partial charge in [0.05, 0.1) is 6.10 Å². The third kappa shape index (κ3) is 2.93. The van der Waals surface area contributed by atoms with Crippen molar-refractivity contribution in [3.05, 3.63) is 29.3 Å². The van der Waals surface area contributed by atoms with Gasteiger partial charge in [-0.05, 0) is 62.4 Å². The molecule has 0 aromatic heterocycles. The normalized spacial score (nSPS) is 26.2. The van der Waals surface area contributed by atoms with Gasteiger partial charge in [-0.1, -0.05) is 6.07 Å². The van der Waals surface area contributed by atoms with Crippen molar-refractivity contribution in [3.8, 4) is 5.75 Å². The summed E-state index contributed by atoms with van der Waals surface area (Å²) in [6, 6.07) is 7.05. The van der Waals surface area contributed by atoms with Crippen molar-refractivity contribution >= 4 is 0 Å². The number of hydrogen-bond donors (Lipinski definition) is 1. The molecule has 2 unspecified atom stereocenters. The Morgan fingerprint density at radius 1 is 1.32 bits per heavy atom. The number of benzene rings is 1. The van der Waals surface area contributed by atoms with E-state index < -0.39 is 0 Å². The number of nitrogens with one attached hydrogen (secondary N) is 1. The summed E-state index contributed by atoms with van der Waals surface area (Å²) in [5, 5.41) is 3.40.